The average Bonchev–Trinajstić information content (AvgIpc) is 2.78. The molecule has 2 N–H and O–H groups in total. The van der Waals surface area contributed by atoms with Gasteiger partial charge in [0.05, 0.1) is 30.1 Å². The van der Waals surface area contributed by atoms with E-state index in [1.54, 1.807) is 36.4 Å². The summed E-state index contributed by atoms with van der Waals surface area (Å²) in [4.78, 5) is 8.92. The Bertz CT molecular complexity index is 1410. The van der Waals surface area contributed by atoms with Gasteiger partial charge in [-0.15, -0.1) is 0 Å². The van der Waals surface area contributed by atoms with Gasteiger partial charge in [-0.2, -0.15) is 0 Å². The van der Waals surface area contributed by atoms with Crippen molar-refractivity contribution in [2.75, 3.05) is 24.3 Å². The minimum Gasteiger partial charge on any atom is -0.497 e. The summed E-state index contributed by atoms with van der Waals surface area (Å²) in [6, 6.07) is 16.3. The lowest BCUT2D eigenvalue weighted by molar-refractivity contribution is 0.395. The van der Waals surface area contributed by atoms with Gasteiger partial charge in [-0.05, 0) is 30.3 Å². The van der Waals surface area contributed by atoms with Gasteiger partial charge in [0.2, 0.25) is 0 Å². The van der Waals surface area contributed by atoms with E-state index in [9.17, 15) is 8.42 Å². The number of hydrogen-bond donors (Lipinski definition) is 2. The Labute approximate surface area is 200 Å². The van der Waals surface area contributed by atoms with Gasteiger partial charge >= 0.3 is 0 Å². The maximum Gasteiger partial charge on any atom is 0.263 e. The third kappa shape index (κ3) is 5.22. The molecule has 0 aliphatic carbocycles. The van der Waals surface area contributed by atoms with Crippen LogP contribution in [0.1, 0.15) is 0 Å². The summed E-state index contributed by atoms with van der Waals surface area (Å²) in [7, 11) is -1.01. The number of nitrogens with one attached hydrogen (secondary N) is 2. The summed E-state index contributed by atoms with van der Waals surface area (Å²) in [5, 5.41) is 3.48. The monoisotopic (exact) mass is 504 g/mol. The molecule has 8 nitrogen and oxygen atoms in total. The molecule has 3 aromatic carbocycles. The Kier molecular flexibility index (Phi) is 6.46. The highest BCUT2D eigenvalue weighted by atomic mass is 35.5. The van der Waals surface area contributed by atoms with Gasteiger partial charge < -0.3 is 14.8 Å². The molecule has 0 aliphatic heterocycles. The maximum atomic E-state index is 13.1. The minimum absolute atomic E-state index is 0.00779. The van der Waals surface area contributed by atoms with Gasteiger partial charge in [-0.3, -0.25) is 4.72 Å². The molecule has 0 aliphatic rings. The van der Waals surface area contributed by atoms with E-state index in [1.165, 1.54) is 32.4 Å². The molecular formula is C22H18Cl2N4O4S. The Morgan fingerprint density at radius 2 is 1.33 bits per heavy atom. The molecule has 170 valence electrons. The second kappa shape index (κ2) is 9.30. The van der Waals surface area contributed by atoms with E-state index in [0.717, 1.165) is 0 Å². The van der Waals surface area contributed by atoms with Crippen molar-refractivity contribution in [2.24, 2.45) is 0 Å². The quantitative estimate of drug-likeness (QED) is 0.342. The van der Waals surface area contributed by atoms with E-state index < -0.39 is 10.0 Å². The van der Waals surface area contributed by atoms with E-state index in [2.05, 4.69) is 20.0 Å². The second-order valence-electron chi connectivity index (χ2n) is 6.85. The lowest BCUT2D eigenvalue weighted by atomic mass is 10.2. The van der Waals surface area contributed by atoms with Crippen molar-refractivity contribution in [1.29, 1.82) is 0 Å². The molecule has 11 heteroatoms. The average molecular weight is 505 g/mol. The predicted octanol–water partition coefficient (Wildman–Crippen LogP) is 5.50. The summed E-state index contributed by atoms with van der Waals surface area (Å²) in [6.45, 7) is 0. The van der Waals surface area contributed by atoms with Crippen molar-refractivity contribution in [1.82, 2.24) is 9.97 Å². The highest BCUT2D eigenvalue weighted by molar-refractivity contribution is 7.92. The van der Waals surface area contributed by atoms with Crippen LogP contribution in [0.5, 0.6) is 11.5 Å². The summed E-state index contributed by atoms with van der Waals surface area (Å²) in [5.74, 6) is 1.26. The van der Waals surface area contributed by atoms with Gasteiger partial charge in [-0.1, -0.05) is 35.3 Å². The number of fused-ring (bicyclic) bond motifs is 1. The van der Waals surface area contributed by atoms with Crippen molar-refractivity contribution in [2.45, 2.75) is 4.90 Å². The highest BCUT2D eigenvalue weighted by Gasteiger charge is 2.20. The first-order valence-corrected chi connectivity index (χ1v) is 11.8. The number of benzene rings is 3. The number of rotatable bonds is 7. The van der Waals surface area contributed by atoms with Crippen molar-refractivity contribution >= 4 is 61.6 Å². The van der Waals surface area contributed by atoms with Crippen LogP contribution >= 0.6 is 23.2 Å². The summed E-state index contributed by atoms with van der Waals surface area (Å²) in [5.41, 5.74) is 1.64. The van der Waals surface area contributed by atoms with E-state index >= 15 is 0 Å². The zero-order valence-electron chi connectivity index (χ0n) is 17.5. The van der Waals surface area contributed by atoms with E-state index in [1.807, 2.05) is 6.07 Å². The number of methoxy groups -OCH3 is 2. The van der Waals surface area contributed by atoms with Crippen LogP contribution in [0.25, 0.3) is 11.0 Å². The zero-order chi connectivity index (χ0) is 23.6. The van der Waals surface area contributed by atoms with Crippen LogP contribution in [-0.2, 0) is 10.0 Å². The van der Waals surface area contributed by atoms with Crippen molar-refractivity contribution in [3.63, 3.8) is 0 Å². The molecule has 0 saturated heterocycles. The molecule has 0 saturated carbocycles. The fourth-order valence-electron chi connectivity index (χ4n) is 3.04. The summed E-state index contributed by atoms with van der Waals surface area (Å²) in [6.07, 6.45) is 0. The number of halogens is 2. The molecule has 0 radical (unpaired) electrons. The molecule has 0 fully saturated rings. The Balaban J connectivity index is 1.80. The van der Waals surface area contributed by atoms with E-state index in [0.29, 0.717) is 28.2 Å². The van der Waals surface area contributed by atoms with Gasteiger partial charge in [0.25, 0.3) is 10.0 Å². The smallest absolute Gasteiger partial charge is 0.263 e. The number of sulfonamides is 1. The number of anilines is 3. The minimum atomic E-state index is -4.08. The van der Waals surface area contributed by atoms with Gasteiger partial charge in [0, 0.05) is 33.9 Å². The second-order valence-corrected chi connectivity index (χ2v) is 9.40. The zero-order valence-corrected chi connectivity index (χ0v) is 19.8. The molecule has 0 bridgehead atoms. The Morgan fingerprint density at radius 3 is 1.88 bits per heavy atom. The van der Waals surface area contributed by atoms with E-state index in [-0.39, 0.29) is 26.6 Å². The van der Waals surface area contributed by atoms with Crippen LogP contribution in [0.2, 0.25) is 10.0 Å². The van der Waals surface area contributed by atoms with Crippen LogP contribution in [0, 0.1) is 0 Å². The SMILES string of the molecule is COc1cc(Nc2nc3ccccc3nc2NS(=O)(=O)c2cc(Cl)cc(Cl)c2)cc(OC)c1. The number of nitrogens with zero attached hydrogens (tertiary/aromatic N) is 2. The van der Waals surface area contributed by atoms with Gasteiger partial charge in [0.15, 0.2) is 11.6 Å². The summed E-state index contributed by atoms with van der Waals surface area (Å²) < 4.78 is 39.3. The lowest BCUT2D eigenvalue weighted by Crippen LogP contribution is -2.16. The van der Waals surface area contributed by atoms with Crippen molar-refractivity contribution < 1.29 is 17.9 Å². The van der Waals surface area contributed by atoms with Gasteiger partial charge in [0.1, 0.15) is 11.5 Å². The summed E-state index contributed by atoms with van der Waals surface area (Å²) >= 11 is 12.0. The molecule has 0 atom stereocenters. The largest absolute Gasteiger partial charge is 0.497 e. The fraction of sp³-hybridized carbons (Fsp3) is 0.0909. The van der Waals surface area contributed by atoms with Crippen LogP contribution in [0.15, 0.2) is 65.6 Å². The molecule has 0 unspecified atom stereocenters. The van der Waals surface area contributed by atoms with Crippen LogP contribution in [0.4, 0.5) is 17.3 Å². The molecular weight excluding hydrogens is 487 g/mol. The topological polar surface area (TPSA) is 102 Å². The predicted molar refractivity (Wildman–Crippen MR) is 130 cm³/mol. The third-order valence-corrected chi connectivity index (χ3v) is 6.32. The molecule has 33 heavy (non-hydrogen) atoms. The Morgan fingerprint density at radius 1 is 0.788 bits per heavy atom. The number of hydrogen-bond acceptors (Lipinski definition) is 7. The molecule has 4 rings (SSSR count). The van der Waals surface area contributed by atoms with Crippen LogP contribution < -0.4 is 19.5 Å². The van der Waals surface area contributed by atoms with Gasteiger partial charge in [-0.25, -0.2) is 18.4 Å². The first kappa shape index (κ1) is 22.9. The molecule has 1 aromatic heterocycles. The van der Waals surface area contributed by atoms with Crippen LogP contribution in [-0.4, -0.2) is 32.6 Å². The fourth-order valence-corrected chi connectivity index (χ4v) is 4.78. The number of ether oxygens (including phenoxy) is 2. The Hall–Kier alpha value is -3.27. The molecule has 0 amide bonds. The molecule has 4 aromatic rings. The number of para-hydroxylation sites is 2. The number of aromatic nitrogens is 2. The maximum absolute atomic E-state index is 13.1. The van der Waals surface area contributed by atoms with E-state index in [4.69, 9.17) is 32.7 Å². The molecule has 1 heterocycles. The third-order valence-electron chi connectivity index (χ3n) is 4.56. The highest BCUT2D eigenvalue weighted by Crippen LogP contribution is 2.32. The standard InChI is InChI=1S/C22H18Cl2N4O4S/c1-31-16-10-15(11-17(12-16)32-2)25-21-22(27-20-6-4-3-5-19(20)26-21)28-33(29,30)18-8-13(23)7-14(24)9-18/h3-12H,1-2H3,(H,25,26)(H,27,28). The van der Waals surface area contributed by atoms with Crippen molar-refractivity contribution in [3.05, 3.63) is 70.7 Å². The normalized spacial score (nSPS) is 11.3. The molecule has 0 spiro atoms. The first-order chi connectivity index (χ1) is 15.8. The lowest BCUT2D eigenvalue weighted by Gasteiger charge is -2.15. The van der Waals surface area contributed by atoms with Crippen molar-refractivity contribution in [3.8, 4) is 11.5 Å². The first-order valence-electron chi connectivity index (χ1n) is 9.53. The van der Waals surface area contributed by atoms with Crippen LogP contribution in [0.3, 0.4) is 0 Å².